The quantitative estimate of drug-likeness (QED) is 0.581. The van der Waals surface area contributed by atoms with E-state index in [4.69, 9.17) is 11.6 Å². The van der Waals surface area contributed by atoms with Crippen molar-refractivity contribution in [2.24, 2.45) is 0 Å². The number of hydrogen-bond acceptors (Lipinski definition) is 1. The molecule has 55 valence electrons. The highest BCUT2D eigenvalue weighted by molar-refractivity contribution is 7.18. The molecular weight excluding hydrogens is 176 g/mol. The second-order valence-electron chi connectivity index (χ2n) is 2.38. The third-order valence-corrected chi connectivity index (χ3v) is 3.14. The maximum absolute atomic E-state index is 5.95. The van der Waals surface area contributed by atoms with Crippen molar-refractivity contribution in [1.82, 2.24) is 0 Å². The van der Waals surface area contributed by atoms with E-state index < -0.39 is 0 Å². The second kappa shape index (κ2) is 2.50. The molecular formula is C9H6ClS. The summed E-state index contributed by atoms with van der Waals surface area (Å²) in [6.07, 6.45) is 0. The van der Waals surface area contributed by atoms with Gasteiger partial charge < -0.3 is 0 Å². The monoisotopic (exact) mass is 181 g/mol. The van der Waals surface area contributed by atoms with Crippen LogP contribution in [0.5, 0.6) is 0 Å². The Hall–Kier alpha value is -0.530. The molecule has 0 unspecified atom stereocenters. The second-order valence-corrected chi connectivity index (χ2v) is 3.66. The van der Waals surface area contributed by atoms with E-state index in [1.54, 1.807) is 11.3 Å². The van der Waals surface area contributed by atoms with Gasteiger partial charge in [0.1, 0.15) is 0 Å². The molecule has 2 heteroatoms. The van der Waals surface area contributed by atoms with Gasteiger partial charge in [0.05, 0.1) is 9.72 Å². The van der Waals surface area contributed by atoms with Crippen molar-refractivity contribution in [2.45, 2.75) is 0 Å². The summed E-state index contributed by atoms with van der Waals surface area (Å²) in [5, 5.41) is 4.02. The van der Waals surface area contributed by atoms with Gasteiger partial charge in [-0.15, -0.1) is 11.3 Å². The van der Waals surface area contributed by atoms with Crippen LogP contribution < -0.4 is 0 Å². The molecule has 0 nitrogen and oxygen atoms in total. The predicted octanol–water partition coefficient (Wildman–Crippen LogP) is 3.74. The van der Waals surface area contributed by atoms with Crippen molar-refractivity contribution < 1.29 is 0 Å². The van der Waals surface area contributed by atoms with Gasteiger partial charge in [0.25, 0.3) is 0 Å². The average molecular weight is 182 g/mol. The molecule has 11 heavy (non-hydrogen) atoms. The minimum Gasteiger partial charge on any atom is -0.142 e. The fourth-order valence-corrected chi connectivity index (χ4v) is 2.28. The third kappa shape index (κ3) is 1.05. The van der Waals surface area contributed by atoms with Crippen LogP contribution in [0, 0.1) is 6.92 Å². The lowest BCUT2D eigenvalue weighted by atomic mass is 10.2. The number of rotatable bonds is 0. The van der Waals surface area contributed by atoms with Gasteiger partial charge in [-0.25, -0.2) is 0 Å². The third-order valence-electron chi connectivity index (χ3n) is 1.63. The lowest BCUT2D eigenvalue weighted by Crippen LogP contribution is -1.67. The Balaban J connectivity index is 2.94. The number of benzene rings is 1. The molecule has 0 spiro atoms. The topological polar surface area (TPSA) is 0 Å². The molecule has 0 fully saturated rings. The maximum Gasteiger partial charge on any atom is 0.0584 e. The van der Waals surface area contributed by atoms with Crippen molar-refractivity contribution in [3.05, 3.63) is 41.1 Å². The first-order valence-electron chi connectivity index (χ1n) is 3.27. The molecule has 2 aromatic rings. The Morgan fingerprint density at radius 3 is 2.91 bits per heavy atom. The summed E-state index contributed by atoms with van der Waals surface area (Å²) in [7, 11) is 0. The minimum absolute atomic E-state index is 0.822. The van der Waals surface area contributed by atoms with Crippen LogP contribution in [0.4, 0.5) is 0 Å². The standard InChI is InChI=1S/C9H6ClS/c1-6-5-11-9-7(6)3-2-4-8(9)10/h2-5H,1H2. The van der Waals surface area contributed by atoms with Crippen molar-refractivity contribution in [2.75, 3.05) is 0 Å². The van der Waals surface area contributed by atoms with Gasteiger partial charge in [-0.2, -0.15) is 0 Å². The summed E-state index contributed by atoms with van der Waals surface area (Å²) in [6, 6.07) is 5.89. The van der Waals surface area contributed by atoms with E-state index >= 15 is 0 Å². The fraction of sp³-hybridized carbons (Fsp3) is 0. The lowest BCUT2D eigenvalue weighted by molar-refractivity contribution is 1.80. The van der Waals surface area contributed by atoms with E-state index in [-0.39, 0.29) is 0 Å². The largest absolute Gasteiger partial charge is 0.142 e. The van der Waals surface area contributed by atoms with Crippen LogP contribution in [0.3, 0.4) is 0 Å². The van der Waals surface area contributed by atoms with Gasteiger partial charge in [-0.05, 0) is 29.3 Å². The molecule has 1 heterocycles. The molecule has 0 amide bonds. The Morgan fingerprint density at radius 1 is 1.36 bits per heavy atom. The normalized spacial score (nSPS) is 10.7. The van der Waals surface area contributed by atoms with Crippen LogP contribution in [0.1, 0.15) is 5.56 Å². The Morgan fingerprint density at radius 2 is 2.18 bits per heavy atom. The molecule has 1 radical (unpaired) electrons. The molecule has 0 saturated heterocycles. The number of thiophene rings is 1. The van der Waals surface area contributed by atoms with E-state index in [1.165, 1.54) is 5.39 Å². The molecule has 0 N–H and O–H groups in total. The summed E-state index contributed by atoms with van der Waals surface area (Å²) >= 11 is 7.60. The zero-order valence-electron chi connectivity index (χ0n) is 5.80. The first-order chi connectivity index (χ1) is 5.29. The first-order valence-corrected chi connectivity index (χ1v) is 4.52. The molecule has 0 aliphatic rings. The molecule has 2 rings (SSSR count). The van der Waals surface area contributed by atoms with E-state index in [0.717, 1.165) is 15.3 Å². The number of fused-ring (bicyclic) bond motifs is 1. The number of halogens is 1. The highest BCUT2D eigenvalue weighted by atomic mass is 35.5. The maximum atomic E-state index is 5.95. The molecule has 0 aliphatic carbocycles. The van der Waals surface area contributed by atoms with Gasteiger partial charge in [0, 0.05) is 0 Å². The van der Waals surface area contributed by atoms with Crippen molar-refractivity contribution in [1.29, 1.82) is 0 Å². The van der Waals surface area contributed by atoms with Crippen molar-refractivity contribution in [3.63, 3.8) is 0 Å². The zero-order chi connectivity index (χ0) is 7.84. The van der Waals surface area contributed by atoms with E-state index in [9.17, 15) is 0 Å². The highest BCUT2D eigenvalue weighted by Crippen LogP contribution is 2.30. The Bertz CT molecular complexity index is 389. The van der Waals surface area contributed by atoms with Crippen molar-refractivity contribution >= 4 is 33.0 Å². The molecule has 0 atom stereocenters. The van der Waals surface area contributed by atoms with Crippen LogP contribution in [0.25, 0.3) is 10.1 Å². The van der Waals surface area contributed by atoms with Crippen LogP contribution in [0.15, 0.2) is 23.6 Å². The van der Waals surface area contributed by atoms with Gasteiger partial charge >= 0.3 is 0 Å². The smallest absolute Gasteiger partial charge is 0.0584 e. The summed E-state index contributed by atoms with van der Waals surface area (Å²) in [5.41, 5.74) is 1.06. The summed E-state index contributed by atoms with van der Waals surface area (Å²) in [6.45, 7) is 3.90. The molecule has 1 aromatic heterocycles. The molecule has 0 bridgehead atoms. The first kappa shape index (κ1) is 7.14. The Labute approximate surface area is 74.4 Å². The summed E-state index contributed by atoms with van der Waals surface area (Å²) in [5.74, 6) is 0. The SMILES string of the molecule is [CH2]c1csc2c(Cl)cccc12. The van der Waals surface area contributed by atoms with Crippen LogP contribution in [-0.4, -0.2) is 0 Å². The van der Waals surface area contributed by atoms with E-state index in [2.05, 4.69) is 6.92 Å². The van der Waals surface area contributed by atoms with Gasteiger partial charge in [-0.1, -0.05) is 23.7 Å². The summed E-state index contributed by atoms with van der Waals surface area (Å²) in [4.78, 5) is 0. The van der Waals surface area contributed by atoms with Gasteiger partial charge in [-0.3, -0.25) is 0 Å². The van der Waals surface area contributed by atoms with Gasteiger partial charge in [0.15, 0.2) is 0 Å². The van der Waals surface area contributed by atoms with Crippen LogP contribution in [0.2, 0.25) is 5.02 Å². The minimum atomic E-state index is 0.822. The predicted molar refractivity (Wildman–Crippen MR) is 51.3 cm³/mol. The lowest BCUT2D eigenvalue weighted by Gasteiger charge is -1.91. The van der Waals surface area contributed by atoms with Crippen LogP contribution >= 0.6 is 22.9 Å². The highest BCUT2D eigenvalue weighted by Gasteiger charge is 2.01. The summed E-state index contributed by atoms with van der Waals surface area (Å²) < 4.78 is 1.14. The fourth-order valence-electron chi connectivity index (χ4n) is 1.08. The Kier molecular flexibility index (Phi) is 1.63. The van der Waals surface area contributed by atoms with Crippen LogP contribution in [-0.2, 0) is 0 Å². The molecule has 0 aliphatic heterocycles. The van der Waals surface area contributed by atoms with E-state index in [1.807, 2.05) is 23.6 Å². The van der Waals surface area contributed by atoms with Crippen molar-refractivity contribution in [3.8, 4) is 0 Å². The molecule has 0 saturated carbocycles. The van der Waals surface area contributed by atoms with E-state index in [0.29, 0.717) is 0 Å². The van der Waals surface area contributed by atoms with Gasteiger partial charge in [0.2, 0.25) is 0 Å². The molecule has 1 aromatic carbocycles. The average Bonchev–Trinajstić information content (AvgIpc) is 2.35. The number of hydrogen-bond donors (Lipinski definition) is 0. The zero-order valence-corrected chi connectivity index (χ0v) is 7.38.